The van der Waals surface area contributed by atoms with Gasteiger partial charge in [0.05, 0.1) is 10.2 Å². The van der Waals surface area contributed by atoms with Gasteiger partial charge in [0.2, 0.25) is 0 Å². The molecule has 0 radical (unpaired) electrons. The Kier molecular flexibility index (Phi) is 2.53. The van der Waals surface area contributed by atoms with Gasteiger partial charge in [-0.15, -0.1) is 0 Å². The van der Waals surface area contributed by atoms with Gasteiger partial charge in [0.15, 0.2) is 0 Å². The number of nitrogens with zero attached hydrogens (tertiary/aromatic N) is 2. The molecule has 3 rings (SSSR count). The number of rotatable bonds is 1. The van der Waals surface area contributed by atoms with Crippen molar-refractivity contribution in [3.05, 3.63) is 64.0 Å². The van der Waals surface area contributed by atoms with Crippen LogP contribution in [0.4, 0.5) is 0 Å². The molecule has 4 nitrogen and oxygen atoms in total. The van der Waals surface area contributed by atoms with Crippen LogP contribution in [0.5, 0.6) is 0 Å². The van der Waals surface area contributed by atoms with E-state index in [4.69, 9.17) is 0 Å². The molecule has 2 aromatic heterocycles. The molecule has 0 unspecified atom stereocenters. The van der Waals surface area contributed by atoms with Crippen molar-refractivity contribution >= 4 is 27.5 Å². The van der Waals surface area contributed by atoms with Crippen LogP contribution >= 0.6 is 11.3 Å². The second-order valence-electron chi connectivity index (χ2n) is 3.69. The number of carbonyl (C=O) groups is 1. The summed E-state index contributed by atoms with van der Waals surface area (Å²) in [7, 11) is 0. The van der Waals surface area contributed by atoms with E-state index in [0.717, 1.165) is 16.0 Å². The van der Waals surface area contributed by atoms with Crippen molar-refractivity contribution in [2.24, 2.45) is 0 Å². The van der Waals surface area contributed by atoms with Gasteiger partial charge < -0.3 is 0 Å². The zero-order chi connectivity index (χ0) is 12.5. The van der Waals surface area contributed by atoms with Gasteiger partial charge in [0, 0.05) is 6.20 Å². The molecular weight excluding hydrogens is 248 g/mol. The molecule has 2 heterocycles. The lowest BCUT2D eigenvalue weighted by Crippen LogP contribution is -2.23. The molecule has 0 bridgehead atoms. The molecule has 88 valence electrons. The molecule has 0 aliphatic carbocycles. The molecule has 0 spiro atoms. The van der Waals surface area contributed by atoms with Crippen LogP contribution in [0, 0.1) is 0 Å². The highest BCUT2D eigenvalue weighted by Gasteiger charge is 2.16. The van der Waals surface area contributed by atoms with E-state index in [1.807, 2.05) is 12.1 Å². The molecule has 1 aromatic carbocycles. The van der Waals surface area contributed by atoms with Gasteiger partial charge >= 0.3 is 4.87 Å². The molecule has 0 N–H and O–H groups in total. The van der Waals surface area contributed by atoms with E-state index in [1.165, 1.54) is 10.8 Å². The number of carbonyl (C=O) groups excluding carboxylic acids is 1. The SMILES string of the molecule is O=C(c1ccccn1)n1c(=O)sc2ccccc21. The van der Waals surface area contributed by atoms with Crippen molar-refractivity contribution in [1.82, 2.24) is 9.55 Å². The Labute approximate surface area is 106 Å². The smallest absolute Gasteiger partial charge is 0.266 e. The van der Waals surface area contributed by atoms with Crippen molar-refractivity contribution in [2.75, 3.05) is 0 Å². The first-order chi connectivity index (χ1) is 8.77. The van der Waals surface area contributed by atoms with Crippen LogP contribution in [0.25, 0.3) is 10.2 Å². The standard InChI is InChI=1S/C13H8N2O2S/c16-12(9-5-3-4-8-14-9)15-10-6-1-2-7-11(10)18-13(15)17/h1-8H. The van der Waals surface area contributed by atoms with Crippen molar-refractivity contribution in [3.8, 4) is 0 Å². The summed E-state index contributed by atoms with van der Waals surface area (Å²) in [6.45, 7) is 0. The Balaban J connectivity index is 2.24. The van der Waals surface area contributed by atoms with Crippen LogP contribution in [0.3, 0.4) is 0 Å². The molecule has 0 saturated carbocycles. The van der Waals surface area contributed by atoms with E-state index in [1.54, 1.807) is 30.3 Å². The van der Waals surface area contributed by atoms with Crippen molar-refractivity contribution in [1.29, 1.82) is 0 Å². The van der Waals surface area contributed by atoms with Crippen LogP contribution in [0.15, 0.2) is 53.5 Å². The molecule has 5 heteroatoms. The van der Waals surface area contributed by atoms with Gasteiger partial charge in [-0.2, -0.15) is 0 Å². The van der Waals surface area contributed by atoms with Gasteiger partial charge in [0.1, 0.15) is 5.69 Å². The van der Waals surface area contributed by atoms with E-state index < -0.39 is 5.91 Å². The van der Waals surface area contributed by atoms with Gasteiger partial charge in [-0.1, -0.05) is 29.5 Å². The number of pyridine rings is 1. The minimum absolute atomic E-state index is 0.267. The van der Waals surface area contributed by atoms with Gasteiger partial charge in [-0.05, 0) is 24.3 Å². The van der Waals surface area contributed by atoms with Crippen molar-refractivity contribution in [2.45, 2.75) is 0 Å². The Hall–Kier alpha value is -2.27. The molecule has 3 aromatic rings. The van der Waals surface area contributed by atoms with Gasteiger partial charge in [0.25, 0.3) is 5.91 Å². The average Bonchev–Trinajstić information content (AvgIpc) is 2.75. The molecule has 0 atom stereocenters. The summed E-state index contributed by atoms with van der Waals surface area (Å²) in [6, 6.07) is 12.3. The third-order valence-electron chi connectivity index (χ3n) is 2.57. The van der Waals surface area contributed by atoms with Gasteiger partial charge in [-0.25, -0.2) is 4.57 Å². The topological polar surface area (TPSA) is 52.0 Å². The zero-order valence-corrected chi connectivity index (χ0v) is 10.1. The number of thiazole rings is 1. The molecule has 18 heavy (non-hydrogen) atoms. The summed E-state index contributed by atoms with van der Waals surface area (Å²) in [5.74, 6) is -0.391. The minimum atomic E-state index is -0.391. The maximum Gasteiger partial charge on any atom is 0.315 e. The molecular formula is C13H8N2O2S. The Bertz CT molecular complexity index is 774. The zero-order valence-electron chi connectivity index (χ0n) is 9.24. The fourth-order valence-corrected chi connectivity index (χ4v) is 2.63. The monoisotopic (exact) mass is 256 g/mol. The summed E-state index contributed by atoms with van der Waals surface area (Å²) in [5, 5.41) is 0. The van der Waals surface area contributed by atoms with E-state index in [-0.39, 0.29) is 10.6 Å². The highest BCUT2D eigenvalue weighted by molar-refractivity contribution is 7.16. The maximum absolute atomic E-state index is 12.2. The highest BCUT2D eigenvalue weighted by atomic mass is 32.1. The molecule has 0 aliphatic rings. The Morgan fingerprint density at radius 1 is 1.11 bits per heavy atom. The Morgan fingerprint density at radius 2 is 1.89 bits per heavy atom. The maximum atomic E-state index is 12.2. The third kappa shape index (κ3) is 1.65. The molecule has 0 aliphatic heterocycles. The first-order valence-corrected chi connectivity index (χ1v) is 6.15. The number of aromatic nitrogens is 2. The summed E-state index contributed by atoms with van der Waals surface area (Å²) in [4.78, 5) is 27.8. The van der Waals surface area contributed by atoms with E-state index in [2.05, 4.69) is 4.98 Å². The van der Waals surface area contributed by atoms with Crippen LogP contribution in [0.1, 0.15) is 10.5 Å². The number of hydrogen-bond donors (Lipinski definition) is 0. The third-order valence-corrected chi connectivity index (χ3v) is 3.50. The average molecular weight is 256 g/mol. The van der Waals surface area contributed by atoms with E-state index in [0.29, 0.717) is 5.52 Å². The summed E-state index contributed by atoms with van der Waals surface area (Å²) in [5.41, 5.74) is 0.895. The first-order valence-electron chi connectivity index (χ1n) is 5.34. The fraction of sp³-hybridized carbons (Fsp3) is 0. The largest absolute Gasteiger partial charge is 0.315 e. The van der Waals surface area contributed by atoms with Crippen LogP contribution in [0.2, 0.25) is 0 Å². The highest BCUT2D eigenvalue weighted by Crippen LogP contribution is 2.17. The minimum Gasteiger partial charge on any atom is -0.266 e. The number of hydrogen-bond acceptors (Lipinski definition) is 4. The summed E-state index contributed by atoms with van der Waals surface area (Å²) < 4.78 is 1.97. The van der Waals surface area contributed by atoms with Crippen molar-refractivity contribution in [3.63, 3.8) is 0 Å². The number of fused-ring (bicyclic) bond motifs is 1. The van der Waals surface area contributed by atoms with Crippen LogP contribution in [-0.2, 0) is 0 Å². The fourth-order valence-electron chi connectivity index (χ4n) is 1.76. The number of benzene rings is 1. The quantitative estimate of drug-likeness (QED) is 0.670. The lowest BCUT2D eigenvalue weighted by molar-refractivity contribution is 0.0958. The van der Waals surface area contributed by atoms with Crippen LogP contribution in [-0.4, -0.2) is 15.5 Å². The Morgan fingerprint density at radius 3 is 2.67 bits per heavy atom. The molecule has 0 saturated heterocycles. The van der Waals surface area contributed by atoms with Crippen LogP contribution < -0.4 is 4.87 Å². The second-order valence-corrected chi connectivity index (χ2v) is 4.68. The second kappa shape index (κ2) is 4.19. The number of para-hydroxylation sites is 1. The van der Waals surface area contributed by atoms with E-state index in [9.17, 15) is 9.59 Å². The van der Waals surface area contributed by atoms with E-state index >= 15 is 0 Å². The predicted molar refractivity (Wildman–Crippen MR) is 70.1 cm³/mol. The summed E-state index contributed by atoms with van der Waals surface area (Å²) in [6.07, 6.45) is 1.53. The lowest BCUT2D eigenvalue weighted by atomic mass is 10.3. The predicted octanol–water partition coefficient (Wildman–Crippen LogP) is 2.15. The van der Waals surface area contributed by atoms with Crippen molar-refractivity contribution < 1.29 is 4.79 Å². The molecule has 0 amide bonds. The normalized spacial score (nSPS) is 10.7. The molecule has 0 fully saturated rings. The van der Waals surface area contributed by atoms with Gasteiger partial charge in [-0.3, -0.25) is 14.6 Å². The lowest BCUT2D eigenvalue weighted by Gasteiger charge is -2.01. The summed E-state index contributed by atoms with van der Waals surface area (Å²) >= 11 is 1.06. The first kappa shape index (κ1) is 10.9.